The molecule has 3 N–H and O–H groups in total. The van der Waals surface area contributed by atoms with Crippen LogP contribution in [0.15, 0.2) is 30.6 Å². The molecule has 1 aromatic carbocycles. The van der Waals surface area contributed by atoms with E-state index in [4.69, 9.17) is 21.1 Å². The Hall–Kier alpha value is -2.95. The quantitative estimate of drug-likeness (QED) is 0.450. The number of H-pyrrole nitrogens is 1. The van der Waals surface area contributed by atoms with Crippen LogP contribution in [0.25, 0.3) is 10.9 Å². The number of aromatic amines is 1. The van der Waals surface area contributed by atoms with Crippen LogP contribution in [-0.4, -0.2) is 55.5 Å². The number of benzene rings is 1. The van der Waals surface area contributed by atoms with E-state index >= 15 is 0 Å². The lowest BCUT2D eigenvalue weighted by molar-refractivity contribution is 0.0280. The molecule has 0 saturated carbocycles. The van der Waals surface area contributed by atoms with E-state index in [2.05, 4.69) is 20.6 Å². The summed E-state index contributed by atoms with van der Waals surface area (Å²) in [6, 6.07) is 3.08. The molecule has 1 aliphatic rings. The molecule has 4 rings (SSSR count). The van der Waals surface area contributed by atoms with Crippen molar-refractivity contribution in [2.75, 3.05) is 48.9 Å². The molecule has 3 aromatic rings. The van der Waals surface area contributed by atoms with Crippen molar-refractivity contribution in [3.63, 3.8) is 0 Å². The van der Waals surface area contributed by atoms with Crippen molar-refractivity contribution < 1.29 is 23.0 Å². The highest BCUT2D eigenvalue weighted by molar-refractivity contribution is 6.33. The first-order chi connectivity index (χ1) is 15.4. The van der Waals surface area contributed by atoms with E-state index < -0.39 is 17.7 Å². The summed E-state index contributed by atoms with van der Waals surface area (Å²) in [6.45, 7) is 2.51. The second-order valence-electron chi connectivity index (χ2n) is 7.34. The maximum absolute atomic E-state index is 13.5. The summed E-state index contributed by atoms with van der Waals surface area (Å²) >= 11 is 6.40. The lowest BCUT2D eigenvalue weighted by Crippen LogP contribution is -2.25. The largest absolute Gasteiger partial charge is 0.382 e. The fourth-order valence-electron chi connectivity index (χ4n) is 3.59. The van der Waals surface area contributed by atoms with Gasteiger partial charge in [0, 0.05) is 37.8 Å². The van der Waals surface area contributed by atoms with Crippen LogP contribution in [0.3, 0.4) is 0 Å². The second-order valence-corrected chi connectivity index (χ2v) is 7.75. The number of anilines is 3. The molecule has 8 nitrogen and oxygen atoms in total. The van der Waals surface area contributed by atoms with Crippen LogP contribution in [-0.2, 0) is 9.47 Å². The first-order valence-electron chi connectivity index (χ1n) is 9.99. The van der Waals surface area contributed by atoms with E-state index in [-0.39, 0.29) is 6.10 Å². The molecule has 32 heavy (non-hydrogen) atoms. The number of fused-ring (bicyclic) bond motifs is 1. The first kappa shape index (κ1) is 22.3. The normalized spacial score (nSPS) is 16.0. The number of halogens is 3. The monoisotopic (exact) mass is 465 g/mol. The summed E-state index contributed by atoms with van der Waals surface area (Å²) in [5.41, 5.74) is 1.06. The van der Waals surface area contributed by atoms with Gasteiger partial charge in [-0.25, -0.2) is 18.6 Å². The molecule has 0 unspecified atom stereocenters. The van der Waals surface area contributed by atoms with E-state index in [1.807, 2.05) is 4.90 Å². The van der Waals surface area contributed by atoms with Crippen LogP contribution >= 0.6 is 11.6 Å². The minimum atomic E-state index is -1.000. The van der Waals surface area contributed by atoms with Gasteiger partial charge in [0.1, 0.15) is 5.82 Å². The van der Waals surface area contributed by atoms with Gasteiger partial charge in [-0.05, 0) is 18.6 Å². The number of nitrogens with one attached hydrogen (secondary N) is 3. The van der Waals surface area contributed by atoms with Crippen molar-refractivity contribution in [2.24, 2.45) is 0 Å². The maximum atomic E-state index is 13.5. The molecular weight excluding hydrogens is 444 g/mol. The van der Waals surface area contributed by atoms with Crippen LogP contribution in [0.4, 0.5) is 30.8 Å². The Labute approximate surface area is 187 Å². The zero-order chi connectivity index (χ0) is 22.7. The standard InChI is InChI=1S/C21H22ClF2N5O3/c1-31-4-5-32-13-2-3-29(11-13)20-15(22)6-12(9-26-20)27-21(30)28-19-10-25-18-8-17(24)16(23)7-14(18)19/h6-10,13,25H,2-5,11H2,1H3,(H2,27,28,30)/t13-/m0/s1. The Balaban J connectivity index is 1.38. The van der Waals surface area contributed by atoms with E-state index in [1.54, 1.807) is 13.2 Å². The van der Waals surface area contributed by atoms with E-state index in [9.17, 15) is 13.6 Å². The zero-order valence-electron chi connectivity index (χ0n) is 17.3. The van der Waals surface area contributed by atoms with Gasteiger partial charge in [0.25, 0.3) is 0 Å². The minimum Gasteiger partial charge on any atom is -0.382 e. The molecule has 1 atom stereocenters. The van der Waals surface area contributed by atoms with Gasteiger partial charge >= 0.3 is 6.03 Å². The Kier molecular flexibility index (Phi) is 6.73. The summed E-state index contributed by atoms with van der Waals surface area (Å²) in [4.78, 5) is 21.6. The Morgan fingerprint density at radius 3 is 2.88 bits per heavy atom. The molecule has 170 valence electrons. The molecule has 2 aromatic heterocycles. The maximum Gasteiger partial charge on any atom is 0.323 e. The average molecular weight is 466 g/mol. The number of hydrogen-bond acceptors (Lipinski definition) is 5. The third kappa shape index (κ3) is 4.93. The van der Waals surface area contributed by atoms with Gasteiger partial charge < -0.3 is 30.0 Å². The van der Waals surface area contributed by atoms with Gasteiger partial charge in [-0.3, -0.25) is 0 Å². The van der Waals surface area contributed by atoms with Gasteiger partial charge in [0.2, 0.25) is 0 Å². The number of carbonyl (C=O) groups excluding carboxylic acids is 1. The number of carbonyl (C=O) groups is 1. The van der Waals surface area contributed by atoms with Crippen molar-refractivity contribution in [2.45, 2.75) is 12.5 Å². The predicted molar refractivity (Wildman–Crippen MR) is 119 cm³/mol. The predicted octanol–water partition coefficient (Wildman–Crippen LogP) is 4.38. The number of aromatic nitrogens is 2. The number of methoxy groups -OCH3 is 1. The third-order valence-electron chi connectivity index (χ3n) is 5.14. The van der Waals surface area contributed by atoms with Crippen molar-refractivity contribution in [1.82, 2.24) is 9.97 Å². The Morgan fingerprint density at radius 2 is 2.09 bits per heavy atom. The molecule has 2 amide bonds. The SMILES string of the molecule is COCCO[C@H]1CCN(c2ncc(NC(=O)Nc3c[nH]c4cc(F)c(F)cc34)cc2Cl)C1. The van der Waals surface area contributed by atoms with Gasteiger partial charge in [-0.2, -0.15) is 0 Å². The molecule has 0 radical (unpaired) electrons. The van der Waals surface area contributed by atoms with Crippen molar-refractivity contribution >= 4 is 45.7 Å². The van der Waals surface area contributed by atoms with Crippen LogP contribution in [0, 0.1) is 11.6 Å². The lowest BCUT2D eigenvalue weighted by atomic mass is 10.2. The summed E-state index contributed by atoms with van der Waals surface area (Å²) in [5.74, 6) is -1.35. The number of nitrogens with zero attached hydrogens (tertiary/aromatic N) is 2. The second kappa shape index (κ2) is 9.68. The minimum absolute atomic E-state index is 0.0843. The fraction of sp³-hybridized carbons (Fsp3) is 0.333. The smallest absolute Gasteiger partial charge is 0.323 e. The highest BCUT2D eigenvalue weighted by Crippen LogP contribution is 2.30. The van der Waals surface area contributed by atoms with Gasteiger partial charge in [-0.15, -0.1) is 0 Å². The molecule has 0 aliphatic carbocycles. The van der Waals surface area contributed by atoms with Gasteiger partial charge in [0.15, 0.2) is 11.6 Å². The summed E-state index contributed by atoms with van der Waals surface area (Å²) in [6.07, 6.45) is 3.90. The molecule has 11 heteroatoms. The molecule has 3 heterocycles. The highest BCUT2D eigenvalue weighted by atomic mass is 35.5. The molecule has 0 bridgehead atoms. The van der Waals surface area contributed by atoms with Gasteiger partial charge in [0.05, 0.1) is 47.4 Å². The highest BCUT2D eigenvalue weighted by Gasteiger charge is 2.25. The first-order valence-corrected chi connectivity index (χ1v) is 10.4. The molecule has 0 spiro atoms. The van der Waals surface area contributed by atoms with Crippen LogP contribution in [0.1, 0.15) is 6.42 Å². The van der Waals surface area contributed by atoms with E-state index in [0.717, 1.165) is 25.1 Å². The number of hydrogen-bond donors (Lipinski definition) is 3. The Morgan fingerprint density at radius 1 is 1.28 bits per heavy atom. The van der Waals surface area contributed by atoms with Crippen LogP contribution in [0.5, 0.6) is 0 Å². The summed E-state index contributed by atoms with van der Waals surface area (Å²) in [7, 11) is 1.63. The van der Waals surface area contributed by atoms with Crippen LogP contribution < -0.4 is 15.5 Å². The zero-order valence-corrected chi connectivity index (χ0v) is 18.0. The summed E-state index contributed by atoms with van der Waals surface area (Å²) < 4.78 is 37.6. The third-order valence-corrected chi connectivity index (χ3v) is 5.41. The van der Waals surface area contributed by atoms with Crippen molar-refractivity contribution in [1.29, 1.82) is 0 Å². The summed E-state index contributed by atoms with van der Waals surface area (Å²) in [5, 5.41) is 5.98. The number of ether oxygens (including phenoxy) is 2. The van der Waals surface area contributed by atoms with Gasteiger partial charge in [-0.1, -0.05) is 11.6 Å². The number of amides is 2. The Bertz CT molecular complexity index is 1130. The topological polar surface area (TPSA) is 91.5 Å². The number of urea groups is 1. The van der Waals surface area contributed by atoms with Crippen molar-refractivity contribution in [3.05, 3.63) is 47.2 Å². The molecule has 1 saturated heterocycles. The fourth-order valence-corrected chi connectivity index (χ4v) is 3.88. The molecule has 1 fully saturated rings. The van der Waals surface area contributed by atoms with E-state index in [1.165, 1.54) is 12.4 Å². The average Bonchev–Trinajstić information content (AvgIpc) is 3.36. The van der Waals surface area contributed by atoms with Crippen LogP contribution in [0.2, 0.25) is 5.02 Å². The van der Waals surface area contributed by atoms with Crippen molar-refractivity contribution in [3.8, 4) is 0 Å². The molecule has 1 aliphatic heterocycles. The van der Waals surface area contributed by atoms with E-state index in [0.29, 0.717) is 52.9 Å². The molecular formula is C21H22ClF2N5O3. The number of rotatable bonds is 7. The number of pyridine rings is 1. The lowest BCUT2D eigenvalue weighted by Gasteiger charge is -2.19.